The summed E-state index contributed by atoms with van der Waals surface area (Å²) in [5, 5.41) is 14.1. The third-order valence-corrected chi connectivity index (χ3v) is 8.63. The van der Waals surface area contributed by atoms with Crippen LogP contribution in [0.1, 0.15) is 46.4 Å². The number of carboxylic acids is 1. The smallest absolute Gasteiger partial charge is 0.337 e. The molecule has 5 aromatic rings. The Kier molecular flexibility index (Phi) is 9.28. The lowest BCUT2D eigenvalue weighted by molar-refractivity contribution is 0.0698. The first-order chi connectivity index (χ1) is 21.9. The first kappa shape index (κ1) is 30.2. The van der Waals surface area contributed by atoms with Gasteiger partial charge in [0.25, 0.3) is 5.91 Å². The molecule has 45 heavy (non-hydrogen) atoms. The van der Waals surface area contributed by atoms with Gasteiger partial charge < -0.3 is 19.9 Å². The van der Waals surface area contributed by atoms with Crippen LogP contribution in [0.5, 0.6) is 17.2 Å². The molecule has 1 aliphatic rings. The number of aromatic carboxylic acids is 1. The molecule has 0 atom stereocenters. The molecule has 0 aliphatic heterocycles. The molecular weight excluding hydrogens is 591 g/mol. The van der Waals surface area contributed by atoms with E-state index in [1.54, 1.807) is 66.5 Å². The minimum atomic E-state index is -1.11. The highest BCUT2D eigenvalue weighted by Gasteiger charge is 2.22. The SMILES string of the molecule is O=C(Nc1ccccc1C(=O)O)c1ccc(Oc2ccc3cc(OC4CCC(NSc5ccc(F)cc5)CC4)ccc3c2)cc1. The van der Waals surface area contributed by atoms with Gasteiger partial charge >= 0.3 is 5.97 Å². The van der Waals surface area contributed by atoms with Crippen molar-refractivity contribution in [3.05, 3.63) is 126 Å². The fraction of sp³-hybridized carbons (Fsp3) is 0.167. The predicted molar refractivity (Wildman–Crippen MR) is 174 cm³/mol. The maximum absolute atomic E-state index is 13.1. The van der Waals surface area contributed by atoms with E-state index in [0.717, 1.165) is 47.1 Å². The van der Waals surface area contributed by atoms with Gasteiger partial charge in [0.05, 0.1) is 17.4 Å². The number of halogens is 1. The summed E-state index contributed by atoms with van der Waals surface area (Å²) in [6.07, 6.45) is 4.11. The summed E-state index contributed by atoms with van der Waals surface area (Å²) in [5.74, 6) is 0.319. The van der Waals surface area contributed by atoms with E-state index in [1.165, 1.54) is 18.2 Å². The summed E-state index contributed by atoms with van der Waals surface area (Å²) < 4.78 is 29.0. The van der Waals surface area contributed by atoms with E-state index in [2.05, 4.69) is 10.0 Å². The molecule has 6 rings (SSSR count). The summed E-state index contributed by atoms with van der Waals surface area (Å²) in [7, 11) is 0. The molecule has 5 aromatic carbocycles. The van der Waals surface area contributed by atoms with Crippen LogP contribution in [-0.2, 0) is 0 Å². The summed E-state index contributed by atoms with van der Waals surface area (Å²) in [6, 6.07) is 31.7. The maximum Gasteiger partial charge on any atom is 0.337 e. The van der Waals surface area contributed by atoms with E-state index in [1.807, 2.05) is 36.4 Å². The average Bonchev–Trinajstić information content (AvgIpc) is 3.06. The lowest BCUT2D eigenvalue weighted by Crippen LogP contribution is -2.33. The number of anilines is 1. The van der Waals surface area contributed by atoms with Crippen LogP contribution in [0.2, 0.25) is 0 Å². The second-order valence-electron chi connectivity index (χ2n) is 10.9. The summed E-state index contributed by atoms with van der Waals surface area (Å²) in [5.41, 5.74) is 0.636. The second kappa shape index (κ2) is 13.8. The topological polar surface area (TPSA) is 96.9 Å². The van der Waals surface area contributed by atoms with E-state index in [4.69, 9.17) is 9.47 Å². The van der Waals surface area contributed by atoms with E-state index in [-0.39, 0.29) is 23.2 Å². The van der Waals surface area contributed by atoms with Crippen LogP contribution < -0.4 is 19.5 Å². The van der Waals surface area contributed by atoms with Gasteiger partial charge in [0.15, 0.2) is 0 Å². The van der Waals surface area contributed by atoms with E-state index in [9.17, 15) is 19.1 Å². The largest absolute Gasteiger partial charge is 0.490 e. The fourth-order valence-electron chi connectivity index (χ4n) is 5.27. The molecule has 0 unspecified atom stereocenters. The molecule has 0 heterocycles. The molecule has 0 saturated heterocycles. The molecule has 1 fully saturated rings. The molecule has 3 N–H and O–H groups in total. The molecule has 0 bridgehead atoms. The van der Waals surface area contributed by atoms with Crippen molar-refractivity contribution in [2.75, 3.05) is 5.32 Å². The van der Waals surface area contributed by atoms with Gasteiger partial charge in [-0.25, -0.2) is 9.18 Å². The highest BCUT2D eigenvalue weighted by Crippen LogP contribution is 2.31. The number of carboxylic acid groups (broad SMARTS) is 1. The zero-order valence-corrected chi connectivity index (χ0v) is 25.1. The Labute approximate surface area is 264 Å². The third-order valence-electron chi connectivity index (χ3n) is 7.68. The number of carbonyl (C=O) groups is 2. The van der Waals surface area contributed by atoms with Gasteiger partial charge in [-0.15, -0.1) is 0 Å². The van der Waals surface area contributed by atoms with E-state index < -0.39 is 11.9 Å². The Balaban J connectivity index is 1.01. The highest BCUT2D eigenvalue weighted by molar-refractivity contribution is 7.97. The highest BCUT2D eigenvalue weighted by atomic mass is 32.2. The van der Waals surface area contributed by atoms with Crippen molar-refractivity contribution in [3.8, 4) is 17.2 Å². The van der Waals surface area contributed by atoms with Crippen molar-refractivity contribution in [2.24, 2.45) is 0 Å². The van der Waals surface area contributed by atoms with Crippen molar-refractivity contribution in [1.29, 1.82) is 0 Å². The van der Waals surface area contributed by atoms with Crippen molar-refractivity contribution in [3.63, 3.8) is 0 Å². The summed E-state index contributed by atoms with van der Waals surface area (Å²) >= 11 is 1.55. The van der Waals surface area contributed by atoms with Crippen LogP contribution in [0, 0.1) is 5.82 Å². The first-order valence-corrected chi connectivity index (χ1v) is 15.5. The molecule has 1 amide bonds. The van der Waals surface area contributed by atoms with Crippen molar-refractivity contribution >= 4 is 40.3 Å². The quantitative estimate of drug-likeness (QED) is 0.134. The second-order valence-corrected chi connectivity index (χ2v) is 11.8. The molecule has 1 saturated carbocycles. The molecule has 0 aromatic heterocycles. The monoisotopic (exact) mass is 622 g/mol. The Morgan fingerprint density at radius 2 is 1.40 bits per heavy atom. The average molecular weight is 623 g/mol. The Bertz CT molecular complexity index is 1810. The zero-order chi connectivity index (χ0) is 31.2. The molecule has 228 valence electrons. The Morgan fingerprint density at radius 1 is 0.756 bits per heavy atom. The molecule has 1 aliphatic carbocycles. The normalized spacial score (nSPS) is 16.2. The van der Waals surface area contributed by atoms with Crippen LogP contribution in [0.3, 0.4) is 0 Å². The number of ether oxygens (including phenoxy) is 2. The Morgan fingerprint density at radius 3 is 2.11 bits per heavy atom. The maximum atomic E-state index is 13.1. The van der Waals surface area contributed by atoms with Gasteiger partial charge in [-0.2, -0.15) is 0 Å². The van der Waals surface area contributed by atoms with Crippen molar-refractivity contribution in [2.45, 2.75) is 42.7 Å². The minimum absolute atomic E-state index is 0.0241. The van der Waals surface area contributed by atoms with Crippen molar-refractivity contribution in [1.82, 2.24) is 4.72 Å². The van der Waals surface area contributed by atoms with E-state index in [0.29, 0.717) is 23.1 Å². The van der Waals surface area contributed by atoms with Gasteiger partial charge in [-0.3, -0.25) is 9.52 Å². The number of hydrogen-bond acceptors (Lipinski definition) is 6. The first-order valence-electron chi connectivity index (χ1n) is 14.7. The molecular formula is C36H31FN2O5S. The van der Waals surface area contributed by atoms with Gasteiger partial charge in [0.1, 0.15) is 23.1 Å². The van der Waals surface area contributed by atoms with E-state index >= 15 is 0 Å². The minimum Gasteiger partial charge on any atom is -0.490 e. The van der Waals surface area contributed by atoms with Crippen LogP contribution in [0.4, 0.5) is 10.1 Å². The number of para-hydroxylation sites is 1. The van der Waals surface area contributed by atoms with Crippen LogP contribution >= 0.6 is 11.9 Å². The number of carbonyl (C=O) groups excluding carboxylic acids is 1. The number of fused-ring (bicyclic) bond motifs is 1. The van der Waals surface area contributed by atoms with Crippen molar-refractivity contribution < 1.29 is 28.6 Å². The van der Waals surface area contributed by atoms with Crippen LogP contribution in [0.25, 0.3) is 10.8 Å². The van der Waals surface area contributed by atoms with Crippen LogP contribution in [-0.4, -0.2) is 29.1 Å². The lowest BCUT2D eigenvalue weighted by atomic mass is 9.93. The van der Waals surface area contributed by atoms with Gasteiger partial charge in [-0.05, 0) is 133 Å². The number of hydrogen-bond donors (Lipinski definition) is 3. The molecule has 9 heteroatoms. The standard InChI is InChI=1S/C36H31FN2O5S/c37-26-9-19-32(20-10-26)45-39-27-11-17-29(18-12-27)44-31-16-8-24-21-30(15-7-25(24)22-31)43-28-13-5-23(6-14-28)35(40)38-34-4-2-1-3-33(34)36(41)42/h1-10,13-16,19-22,27,29,39H,11-12,17-18H2,(H,38,40)(H,41,42). The van der Waals surface area contributed by atoms with Gasteiger partial charge in [0, 0.05) is 16.5 Å². The molecule has 0 spiro atoms. The molecule has 7 nitrogen and oxygen atoms in total. The van der Waals surface area contributed by atoms with Crippen LogP contribution in [0.15, 0.2) is 114 Å². The van der Waals surface area contributed by atoms with Gasteiger partial charge in [0.2, 0.25) is 0 Å². The third kappa shape index (κ3) is 7.81. The fourth-order valence-corrected chi connectivity index (χ4v) is 6.08. The number of amides is 1. The van der Waals surface area contributed by atoms with Gasteiger partial charge in [-0.1, -0.05) is 24.3 Å². The predicted octanol–water partition coefficient (Wildman–Crippen LogP) is 8.71. The lowest BCUT2D eigenvalue weighted by Gasteiger charge is -2.29. The zero-order valence-electron chi connectivity index (χ0n) is 24.2. The Hall–Kier alpha value is -4.86. The number of nitrogens with one attached hydrogen (secondary N) is 2. The molecule has 0 radical (unpaired) electrons. The summed E-state index contributed by atoms with van der Waals surface area (Å²) in [4.78, 5) is 25.1. The number of benzene rings is 5. The summed E-state index contributed by atoms with van der Waals surface area (Å²) in [6.45, 7) is 0. The number of rotatable bonds is 10.